The van der Waals surface area contributed by atoms with Crippen LogP contribution in [0.4, 0.5) is 0 Å². The van der Waals surface area contributed by atoms with Gasteiger partial charge in [0.05, 0.1) is 13.6 Å². The maximum Gasteiger partial charge on any atom is 0.248 e. The van der Waals surface area contributed by atoms with Gasteiger partial charge in [-0.05, 0) is 26.0 Å². The second kappa shape index (κ2) is 4.04. The molecule has 8 heteroatoms. The minimum atomic E-state index is -0.897. The van der Waals surface area contributed by atoms with E-state index >= 15 is 0 Å². The zero-order valence-electron chi connectivity index (χ0n) is 10.8. The van der Waals surface area contributed by atoms with Crippen molar-refractivity contribution in [1.29, 1.82) is 0 Å². The molecule has 0 aliphatic carbocycles. The van der Waals surface area contributed by atoms with E-state index in [1.807, 2.05) is 0 Å². The highest BCUT2D eigenvalue weighted by molar-refractivity contribution is 5.98. The van der Waals surface area contributed by atoms with Gasteiger partial charge in [-0.25, -0.2) is 0 Å². The molecule has 18 heavy (non-hydrogen) atoms. The van der Waals surface area contributed by atoms with Gasteiger partial charge in [0.2, 0.25) is 11.8 Å². The maximum atomic E-state index is 12.2. The minimum absolute atomic E-state index is 0.151. The van der Waals surface area contributed by atoms with E-state index in [-0.39, 0.29) is 18.4 Å². The van der Waals surface area contributed by atoms with Crippen molar-refractivity contribution in [1.82, 2.24) is 30.4 Å². The number of carbonyl (C=O) groups is 2. The lowest BCUT2D eigenvalue weighted by atomic mass is 9.97. The number of rotatable bonds is 2. The van der Waals surface area contributed by atoms with Crippen molar-refractivity contribution in [3.63, 3.8) is 0 Å². The van der Waals surface area contributed by atoms with Gasteiger partial charge in [0, 0.05) is 0 Å². The van der Waals surface area contributed by atoms with Crippen LogP contribution in [0, 0.1) is 0 Å². The predicted molar refractivity (Wildman–Crippen MR) is 61.0 cm³/mol. The molecule has 1 aromatic rings. The Bertz CT molecular complexity index is 494. The first kappa shape index (κ1) is 12.5. The topological polar surface area (TPSA) is 93.0 Å². The van der Waals surface area contributed by atoms with E-state index in [1.54, 1.807) is 27.8 Å². The second-order valence-corrected chi connectivity index (χ2v) is 4.92. The molecule has 1 N–H and O–H groups in total. The molecule has 0 saturated carbocycles. The first-order valence-electron chi connectivity index (χ1n) is 5.67. The molecule has 1 aliphatic rings. The van der Waals surface area contributed by atoms with Gasteiger partial charge >= 0.3 is 0 Å². The first-order chi connectivity index (χ1) is 8.31. The van der Waals surface area contributed by atoms with Gasteiger partial charge in [0.15, 0.2) is 5.82 Å². The number of hydrogen-bond acceptors (Lipinski definition) is 5. The molecule has 0 bridgehead atoms. The lowest BCUT2D eigenvalue weighted by Gasteiger charge is -2.40. The minimum Gasteiger partial charge on any atom is -0.340 e. The highest BCUT2D eigenvalue weighted by Gasteiger charge is 2.43. The zero-order valence-corrected chi connectivity index (χ0v) is 10.8. The van der Waals surface area contributed by atoms with Crippen LogP contribution in [-0.2, 0) is 23.2 Å². The molecule has 1 atom stereocenters. The second-order valence-electron chi connectivity index (χ2n) is 4.92. The molecule has 1 aromatic heterocycles. The number of nitrogens with zero attached hydrogens (tertiary/aromatic N) is 5. The lowest BCUT2D eigenvalue weighted by molar-refractivity contribution is -0.153. The van der Waals surface area contributed by atoms with Crippen LogP contribution >= 0.6 is 0 Å². The van der Waals surface area contributed by atoms with Crippen LogP contribution in [-0.4, -0.2) is 48.5 Å². The Morgan fingerprint density at radius 1 is 1.39 bits per heavy atom. The van der Waals surface area contributed by atoms with Gasteiger partial charge < -0.3 is 10.2 Å². The molecule has 0 aromatic carbocycles. The number of carbonyl (C=O) groups excluding carboxylic acids is 2. The van der Waals surface area contributed by atoms with Crippen molar-refractivity contribution in [3.8, 4) is 0 Å². The van der Waals surface area contributed by atoms with E-state index in [0.717, 1.165) is 0 Å². The van der Waals surface area contributed by atoms with Crippen LogP contribution in [0.25, 0.3) is 0 Å². The lowest BCUT2D eigenvalue weighted by Crippen LogP contribution is -2.67. The standard InChI is InChI=1S/C10H16N6O2/c1-6-8(17)11-10(2,3)9(18)16(6)5-7-12-14-15(4)13-7/h6H,5H2,1-4H3,(H,11,17). The molecule has 8 nitrogen and oxygen atoms in total. The Kier molecular flexibility index (Phi) is 2.80. The van der Waals surface area contributed by atoms with E-state index in [2.05, 4.69) is 20.7 Å². The molecular formula is C10H16N6O2. The van der Waals surface area contributed by atoms with Crippen LogP contribution in [0.3, 0.4) is 0 Å². The van der Waals surface area contributed by atoms with Crippen molar-refractivity contribution < 1.29 is 9.59 Å². The number of amides is 2. The van der Waals surface area contributed by atoms with Crippen LogP contribution in [0.5, 0.6) is 0 Å². The van der Waals surface area contributed by atoms with Gasteiger partial charge in [-0.3, -0.25) is 9.59 Å². The molecule has 1 unspecified atom stereocenters. The normalized spacial score (nSPS) is 23.1. The van der Waals surface area contributed by atoms with Gasteiger partial charge in [0.1, 0.15) is 11.6 Å². The zero-order chi connectivity index (χ0) is 13.5. The summed E-state index contributed by atoms with van der Waals surface area (Å²) in [6.45, 7) is 5.22. The molecule has 1 fully saturated rings. The predicted octanol–water partition coefficient (Wildman–Crippen LogP) is -1.16. The van der Waals surface area contributed by atoms with Gasteiger partial charge in [-0.2, -0.15) is 4.80 Å². The molecule has 0 radical (unpaired) electrons. The van der Waals surface area contributed by atoms with Crippen molar-refractivity contribution in [3.05, 3.63) is 5.82 Å². The fraction of sp³-hybridized carbons (Fsp3) is 0.700. The number of aryl methyl sites for hydroxylation is 1. The molecule has 2 rings (SSSR count). The average Bonchev–Trinajstić information content (AvgIpc) is 2.67. The van der Waals surface area contributed by atoms with E-state index in [4.69, 9.17) is 0 Å². The highest BCUT2D eigenvalue weighted by Crippen LogP contribution is 2.19. The summed E-state index contributed by atoms with van der Waals surface area (Å²) in [7, 11) is 1.65. The maximum absolute atomic E-state index is 12.2. The molecule has 2 amide bonds. The summed E-state index contributed by atoms with van der Waals surface area (Å²) in [6, 6.07) is -0.533. The van der Waals surface area contributed by atoms with Crippen molar-refractivity contribution in [2.45, 2.75) is 38.9 Å². The summed E-state index contributed by atoms with van der Waals surface area (Å²) in [4.78, 5) is 26.8. The molecular weight excluding hydrogens is 236 g/mol. The number of tetrazole rings is 1. The van der Waals surface area contributed by atoms with Crippen LogP contribution < -0.4 is 5.32 Å². The van der Waals surface area contributed by atoms with Crippen LogP contribution in [0.1, 0.15) is 26.6 Å². The van der Waals surface area contributed by atoms with Crippen molar-refractivity contribution in [2.24, 2.45) is 7.05 Å². The molecule has 98 valence electrons. The smallest absolute Gasteiger partial charge is 0.248 e. The fourth-order valence-corrected chi connectivity index (χ4v) is 1.89. The van der Waals surface area contributed by atoms with E-state index in [9.17, 15) is 9.59 Å². The fourth-order valence-electron chi connectivity index (χ4n) is 1.89. The Morgan fingerprint density at radius 3 is 2.61 bits per heavy atom. The number of nitrogens with one attached hydrogen (secondary N) is 1. The number of piperazine rings is 1. The Hall–Kier alpha value is -1.99. The molecule has 1 saturated heterocycles. The third-order valence-electron chi connectivity index (χ3n) is 2.94. The van der Waals surface area contributed by atoms with Crippen LogP contribution in [0.15, 0.2) is 0 Å². The molecule has 1 aliphatic heterocycles. The summed E-state index contributed by atoms with van der Waals surface area (Å²) in [5, 5.41) is 14.2. The largest absolute Gasteiger partial charge is 0.340 e. The summed E-state index contributed by atoms with van der Waals surface area (Å²) < 4.78 is 0. The average molecular weight is 252 g/mol. The Labute approximate surface area is 104 Å². The van der Waals surface area contributed by atoms with Crippen molar-refractivity contribution in [2.75, 3.05) is 0 Å². The number of aromatic nitrogens is 4. The monoisotopic (exact) mass is 252 g/mol. The van der Waals surface area contributed by atoms with E-state index in [0.29, 0.717) is 5.82 Å². The number of hydrogen-bond donors (Lipinski definition) is 1. The molecule has 2 heterocycles. The Balaban J connectivity index is 2.23. The first-order valence-corrected chi connectivity index (χ1v) is 5.67. The third-order valence-corrected chi connectivity index (χ3v) is 2.94. The third kappa shape index (κ3) is 2.05. The van der Waals surface area contributed by atoms with Crippen molar-refractivity contribution >= 4 is 11.8 Å². The van der Waals surface area contributed by atoms with Gasteiger partial charge in [-0.15, -0.1) is 10.2 Å². The van der Waals surface area contributed by atoms with E-state index in [1.165, 1.54) is 9.70 Å². The van der Waals surface area contributed by atoms with Gasteiger partial charge in [0.25, 0.3) is 0 Å². The summed E-state index contributed by atoms with van der Waals surface area (Å²) in [5.41, 5.74) is -0.897. The molecule has 0 spiro atoms. The summed E-state index contributed by atoms with van der Waals surface area (Å²) in [5.74, 6) is 0.0914. The summed E-state index contributed by atoms with van der Waals surface area (Å²) in [6.07, 6.45) is 0. The van der Waals surface area contributed by atoms with Crippen LogP contribution in [0.2, 0.25) is 0 Å². The van der Waals surface area contributed by atoms with E-state index < -0.39 is 11.6 Å². The Morgan fingerprint density at radius 2 is 2.06 bits per heavy atom. The quantitative estimate of drug-likeness (QED) is 0.716. The summed E-state index contributed by atoms with van der Waals surface area (Å²) >= 11 is 0. The van der Waals surface area contributed by atoms with Gasteiger partial charge in [-0.1, -0.05) is 0 Å². The highest BCUT2D eigenvalue weighted by atomic mass is 16.2. The SMILES string of the molecule is CC1C(=O)NC(C)(C)C(=O)N1Cc1nnn(C)n1.